The van der Waals surface area contributed by atoms with E-state index < -0.39 is 0 Å². The summed E-state index contributed by atoms with van der Waals surface area (Å²) in [4.78, 5) is 13.9. The van der Waals surface area contributed by atoms with Crippen LogP contribution < -0.4 is 0 Å². The molecule has 0 saturated carbocycles. The lowest BCUT2D eigenvalue weighted by Crippen LogP contribution is -1.82. The summed E-state index contributed by atoms with van der Waals surface area (Å²) in [7, 11) is 0. The first-order valence-corrected chi connectivity index (χ1v) is 15.4. The van der Waals surface area contributed by atoms with Gasteiger partial charge < -0.3 is 0 Å². The lowest BCUT2D eigenvalue weighted by atomic mass is 10.0. The minimum Gasteiger partial charge on any atom is -0.244 e. The van der Waals surface area contributed by atoms with Gasteiger partial charge in [-0.1, -0.05) is 12.1 Å². The van der Waals surface area contributed by atoms with E-state index in [0.717, 1.165) is 56.4 Å². The van der Waals surface area contributed by atoms with Crippen molar-refractivity contribution in [3.8, 4) is 33.0 Å². The van der Waals surface area contributed by atoms with E-state index in [-0.39, 0.29) is 0 Å². The highest BCUT2D eigenvalue weighted by atomic mass is 32.1. The number of hydrogen-bond donors (Lipinski definition) is 0. The van der Waals surface area contributed by atoms with Crippen LogP contribution in [0.3, 0.4) is 0 Å². The number of aryl methyl sites for hydroxylation is 1. The van der Waals surface area contributed by atoms with Crippen LogP contribution in [0.4, 0.5) is 0 Å². The zero-order valence-corrected chi connectivity index (χ0v) is 23.8. The molecule has 182 valence electrons. The Kier molecular flexibility index (Phi) is 6.81. The number of benzene rings is 1. The molecular formula is C28H15N5S5. The lowest BCUT2D eigenvalue weighted by molar-refractivity contribution is 1.38. The van der Waals surface area contributed by atoms with E-state index in [4.69, 9.17) is 4.37 Å². The zero-order valence-electron chi connectivity index (χ0n) is 19.7. The summed E-state index contributed by atoms with van der Waals surface area (Å²) in [6.45, 7) is 2.10. The molecule has 0 fully saturated rings. The van der Waals surface area contributed by atoms with E-state index in [0.29, 0.717) is 11.1 Å². The first-order valence-electron chi connectivity index (χ1n) is 11.3. The van der Waals surface area contributed by atoms with Gasteiger partial charge in [0.2, 0.25) is 0 Å². The number of nitriles is 2. The fourth-order valence-electron chi connectivity index (χ4n) is 4.04. The van der Waals surface area contributed by atoms with Crippen molar-refractivity contribution in [3.63, 3.8) is 0 Å². The molecule has 0 aliphatic heterocycles. The number of allylic oxidation sites excluding steroid dienone is 2. The van der Waals surface area contributed by atoms with Crippen LogP contribution in [0.25, 0.3) is 55.1 Å². The first kappa shape index (κ1) is 24.6. The molecule has 0 unspecified atom stereocenters. The predicted octanol–water partition coefficient (Wildman–Crippen LogP) is 9.10. The van der Waals surface area contributed by atoms with Crippen molar-refractivity contribution in [3.05, 3.63) is 84.2 Å². The summed E-state index contributed by atoms with van der Waals surface area (Å²) in [6.07, 6.45) is 7.22. The Morgan fingerprint density at radius 3 is 1.84 bits per heavy atom. The van der Waals surface area contributed by atoms with Crippen LogP contribution in [0.1, 0.15) is 24.6 Å². The van der Waals surface area contributed by atoms with Crippen LogP contribution in [0.15, 0.2) is 59.6 Å². The normalized spacial score (nSPS) is 12.1. The molecule has 6 rings (SSSR count). The van der Waals surface area contributed by atoms with Crippen LogP contribution in [-0.4, -0.2) is 14.3 Å². The highest BCUT2D eigenvalue weighted by molar-refractivity contribution is 7.17. The summed E-state index contributed by atoms with van der Waals surface area (Å²) in [6, 6.07) is 17.1. The summed E-state index contributed by atoms with van der Waals surface area (Å²) in [5.41, 5.74) is 4.33. The van der Waals surface area contributed by atoms with Gasteiger partial charge in [0.05, 0.1) is 16.7 Å². The average molecular weight is 582 g/mol. The standard InChI is InChI=1S/C28H15N5S5/c1-16-25-21(23-6-2-19(36-23)12-17(14-29)27-31-8-10-34-27)4-5-22(26(25)33-38-16)24-7-3-20(37-24)13-18(15-30)28-32-9-11-35-28/h2-13H,1H3/b17-12+,18-13+. The Bertz CT molecular complexity index is 1900. The zero-order chi connectivity index (χ0) is 26.1. The van der Waals surface area contributed by atoms with Gasteiger partial charge in [0.1, 0.15) is 22.2 Å². The Labute approximate surface area is 238 Å². The monoisotopic (exact) mass is 581 g/mol. The molecule has 0 amide bonds. The number of rotatable bonds is 6. The van der Waals surface area contributed by atoms with Gasteiger partial charge in [-0.25, -0.2) is 9.97 Å². The van der Waals surface area contributed by atoms with Crippen molar-refractivity contribution >= 4 is 91.1 Å². The minimum atomic E-state index is 0.565. The Morgan fingerprint density at radius 2 is 1.32 bits per heavy atom. The molecular weight excluding hydrogens is 567 g/mol. The van der Waals surface area contributed by atoms with Crippen molar-refractivity contribution in [1.29, 1.82) is 10.5 Å². The van der Waals surface area contributed by atoms with Gasteiger partial charge in [0.15, 0.2) is 0 Å². The minimum absolute atomic E-state index is 0.565. The summed E-state index contributed by atoms with van der Waals surface area (Å²) in [5.74, 6) is 0. The number of thiazole rings is 2. The van der Waals surface area contributed by atoms with Gasteiger partial charge in [0, 0.05) is 64.1 Å². The van der Waals surface area contributed by atoms with Gasteiger partial charge in [-0.15, -0.1) is 45.3 Å². The Morgan fingerprint density at radius 1 is 0.763 bits per heavy atom. The maximum atomic E-state index is 9.61. The fourth-order valence-corrected chi connectivity index (χ4v) is 7.92. The maximum absolute atomic E-state index is 9.61. The van der Waals surface area contributed by atoms with Crippen LogP contribution in [-0.2, 0) is 0 Å². The van der Waals surface area contributed by atoms with Crippen molar-refractivity contribution in [2.24, 2.45) is 0 Å². The third-order valence-electron chi connectivity index (χ3n) is 5.73. The average Bonchev–Trinajstić information content (AvgIpc) is 3.77. The number of aromatic nitrogens is 3. The molecule has 1 aromatic carbocycles. The molecule has 38 heavy (non-hydrogen) atoms. The molecule has 0 radical (unpaired) electrons. The van der Waals surface area contributed by atoms with Gasteiger partial charge >= 0.3 is 0 Å². The van der Waals surface area contributed by atoms with Crippen LogP contribution >= 0.6 is 56.9 Å². The Hall–Kier alpha value is -3.77. The van der Waals surface area contributed by atoms with Gasteiger partial charge in [0.25, 0.3) is 0 Å². The maximum Gasteiger partial charge on any atom is 0.133 e. The van der Waals surface area contributed by atoms with E-state index in [1.54, 1.807) is 35.1 Å². The molecule has 0 saturated heterocycles. The summed E-state index contributed by atoms with van der Waals surface area (Å²) >= 11 is 7.72. The largest absolute Gasteiger partial charge is 0.244 e. The number of nitrogens with zero attached hydrogens (tertiary/aromatic N) is 5. The predicted molar refractivity (Wildman–Crippen MR) is 162 cm³/mol. The molecule has 5 aromatic heterocycles. The third kappa shape index (κ3) is 4.65. The van der Waals surface area contributed by atoms with E-state index in [9.17, 15) is 10.5 Å². The molecule has 5 heterocycles. The quantitative estimate of drug-likeness (QED) is 0.183. The van der Waals surface area contributed by atoms with E-state index in [2.05, 4.69) is 53.3 Å². The molecule has 0 spiro atoms. The first-order chi connectivity index (χ1) is 18.6. The second kappa shape index (κ2) is 10.5. The molecule has 0 aliphatic rings. The summed E-state index contributed by atoms with van der Waals surface area (Å²) in [5, 5.41) is 25.6. The van der Waals surface area contributed by atoms with E-state index >= 15 is 0 Å². The van der Waals surface area contributed by atoms with Crippen molar-refractivity contribution in [2.75, 3.05) is 0 Å². The Balaban J connectivity index is 1.37. The van der Waals surface area contributed by atoms with Gasteiger partial charge in [-0.05, 0) is 54.9 Å². The second-order valence-corrected chi connectivity index (χ2v) is 13.0. The molecule has 5 nitrogen and oxygen atoms in total. The van der Waals surface area contributed by atoms with Crippen LogP contribution in [0.2, 0.25) is 0 Å². The van der Waals surface area contributed by atoms with E-state index in [1.165, 1.54) is 34.2 Å². The third-order valence-corrected chi connectivity index (χ3v) is 10.2. The van der Waals surface area contributed by atoms with Crippen LogP contribution in [0, 0.1) is 29.6 Å². The molecule has 0 N–H and O–H groups in total. The SMILES string of the molecule is Cc1snc2c(-c3ccc(/C=C(\C#N)c4nccs4)s3)ccc(-c3ccc(/C=C(\C#N)c4nccs4)s3)c12. The lowest BCUT2D eigenvalue weighted by Gasteiger charge is -2.06. The summed E-state index contributed by atoms with van der Waals surface area (Å²) < 4.78 is 4.82. The van der Waals surface area contributed by atoms with Gasteiger partial charge in [-0.2, -0.15) is 14.9 Å². The van der Waals surface area contributed by atoms with Gasteiger partial charge in [-0.3, -0.25) is 0 Å². The fraction of sp³-hybridized carbons (Fsp3) is 0.0357. The number of hydrogen-bond acceptors (Lipinski definition) is 10. The second-order valence-electron chi connectivity index (χ2n) is 8.04. The van der Waals surface area contributed by atoms with Crippen molar-refractivity contribution < 1.29 is 0 Å². The van der Waals surface area contributed by atoms with Crippen molar-refractivity contribution in [2.45, 2.75) is 6.92 Å². The van der Waals surface area contributed by atoms with Crippen molar-refractivity contribution in [1.82, 2.24) is 14.3 Å². The highest BCUT2D eigenvalue weighted by Gasteiger charge is 2.17. The highest BCUT2D eigenvalue weighted by Crippen LogP contribution is 2.43. The van der Waals surface area contributed by atoms with E-state index in [1.807, 2.05) is 35.0 Å². The molecule has 0 bridgehead atoms. The molecule has 0 atom stereocenters. The smallest absolute Gasteiger partial charge is 0.133 e. The number of fused-ring (bicyclic) bond motifs is 1. The van der Waals surface area contributed by atoms with Crippen LogP contribution in [0.5, 0.6) is 0 Å². The topological polar surface area (TPSA) is 86.2 Å². The number of thiophene rings is 2. The molecule has 6 aromatic rings. The molecule has 10 heteroatoms. The molecule has 0 aliphatic carbocycles.